The number of halogens is 1. The second kappa shape index (κ2) is 9.21. The number of thiazole rings is 1. The monoisotopic (exact) mass is 487 g/mol. The Morgan fingerprint density at radius 1 is 1.03 bits per heavy atom. The number of hydrogen-bond donors (Lipinski definition) is 0. The summed E-state index contributed by atoms with van der Waals surface area (Å²) >= 11 is 7.44. The molecule has 0 aliphatic carbocycles. The molecule has 6 nitrogen and oxygen atoms in total. The summed E-state index contributed by atoms with van der Waals surface area (Å²) in [5, 5.41) is 1.27. The maximum Gasteiger partial charge on any atom is 0.325 e. The van der Waals surface area contributed by atoms with Crippen LogP contribution in [0.15, 0.2) is 83.9 Å². The van der Waals surface area contributed by atoms with Gasteiger partial charge in [-0.05, 0) is 30.3 Å². The minimum absolute atomic E-state index is 0.0728. The molecule has 1 amide bonds. The van der Waals surface area contributed by atoms with Crippen molar-refractivity contribution in [3.8, 4) is 11.3 Å². The molecule has 0 aliphatic heterocycles. The summed E-state index contributed by atoms with van der Waals surface area (Å²) in [5.74, 6) is -0.865. The van der Waals surface area contributed by atoms with Gasteiger partial charge in [0.2, 0.25) is 0 Å². The van der Waals surface area contributed by atoms with Crippen LogP contribution < -0.4 is 4.80 Å². The van der Waals surface area contributed by atoms with Gasteiger partial charge in [-0.3, -0.25) is 9.59 Å². The Morgan fingerprint density at radius 3 is 2.59 bits per heavy atom. The van der Waals surface area contributed by atoms with E-state index in [9.17, 15) is 9.59 Å². The van der Waals surface area contributed by atoms with Crippen LogP contribution in [0.4, 0.5) is 0 Å². The van der Waals surface area contributed by atoms with Crippen LogP contribution >= 0.6 is 22.9 Å². The molecule has 3 aromatic carbocycles. The molecule has 0 saturated heterocycles. The van der Waals surface area contributed by atoms with Gasteiger partial charge in [0.15, 0.2) is 4.80 Å². The molecule has 0 radical (unpaired) electrons. The van der Waals surface area contributed by atoms with E-state index in [0.29, 0.717) is 32.0 Å². The molecule has 0 N–H and O–H groups in total. The third-order valence-corrected chi connectivity index (χ3v) is 6.65. The van der Waals surface area contributed by atoms with Gasteiger partial charge in [-0.15, -0.1) is 0 Å². The second-order valence-electron chi connectivity index (χ2n) is 7.51. The normalized spacial score (nSPS) is 11.8. The molecule has 0 atom stereocenters. The topological polar surface area (TPSA) is 73.6 Å². The quantitative estimate of drug-likeness (QED) is 0.314. The lowest BCUT2D eigenvalue weighted by atomic mass is 10.0. The number of amides is 1. The van der Waals surface area contributed by atoms with Crippen LogP contribution in [0.2, 0.25) is 5.02 Å². The van der Waals surface area contributed by atoms with E-state index >= 15 is 0 Å². The standard InChI is InChI=1S/C26H18ClN3O3S/c1-33-24(31)15-30-22-12-11-17(27)13-23(22)34-26(30)29-25(32)19-14-21(16-7-3-2-4-8-16)28-20-10-6-5-9-18(19)20/h2-14H,15H2,1H3. The number of para-hydroxylation sites is 1. The van der Waals surface area contributed by atoms with E-state index in [1.165, 1.54) is 18.4 Å². The number of ether oxygens (including phenoxy) is 1. The molecule has 0 bridgehead atoms. The van der Waals surface area contributed by atoms with E-state index in [-0.39, 0.29) is 6.54 Å². The Morgan fingerprint density at radius 2 is 1.79 bits per heavy atom. The Bertz CT molecular complexity index is 1620. The number of pyridine rings is 1. The van der Waals surface area contributed by atoms with Gasteiger partial charge in [0, 0.05) is 16.0 Å². The maximum absolute atomic E-state index is 13.5. The molecule has 168 valence electrons. The van der Waals surface area contributed by atoms with Crippen molar-refractivity contribution in [2.75, 3.05) is 7.11 Å². The molecule has 0 spiro atoms. The van der Waals surface area contributed by atoms with Crippen LogP contribution in [0.25, 0.3) is 32.4 Å². The molecular weight excluding hydrogens is 470 g/mol. The molecule has 2 heterocycles. The predicted molar refractivity (Wildman–Crippen MR) is 134 cm³/mol. The van der Waals surface area contributed by atoms with E-state index in [1.807, 2.05) is 54.6 Å². The van der Waals surface area contributed by atoms with Crippen molar-refractivity contribution in [2.45, 2.75) is 6.54 Å². The van der Waals surface area contributed by atoms with Crippen molar-refractivity contribution in [2.24, 2.45) is 4.99 Å². The van der Waals surface area contributed by atoms with Crippen LogP contribution in [0.5, 0.6) is 0 Å². The molecule has 5 aromatic rings. The van der Waals surface area contributed by atoms with E-state index in [4.69, 9.17) is 21.3 Å². The molecule has 0 saturated carbocycles. The average Bonchev–Trinajstić information content (AvgIpc) is 3.19. The van der Waals surface area contributed by atoms with Crippen LogP contribution in [-0.2, 0) is 16.1 Å². The number of benzene rings is 3. The van der Waals surface area contributed by atoms with Crippen molar-refractivity contribution in [1.82, 2.24) is 9.55 Å². The zero-order valence-electron chi connectivity index (χ0n) is 18.1. The summed E-state index contributed by atoms with van der Waals surface area (Å²) in [4.78, 5) is 35.1. The largest absolute Gasteiger partial charge is 0.468 e. The number of carbonyl (C=O) groups excluding carboxylic acids is 2. The molecular formula is C26H18ClN3O3S. The van der Waals surface area contributed by atoms with Crippen molar-refractivity contribution < 1.29 is 14.3 Å². The minimum atomic E-state index is -0.440. The molecule has 5 rings (SSSR count). The third-order valence-electron chi connectivity index (χ3n) is 5.37. The van der Waals surface area contributed by atoms with Gasteiger partial charge < -0.3 is 9.30 Å². The molecule has 0 aliphatic rings. The Hall–Kier alpha value is -3.81. The molecule has 0 unspecified atom stereocenters. The fraction of sp³-hybridized carbons (Fsp3) is 0.0769. The Kier molecular flexibility index (Phi) is 5.96. The van der Waals surface area contributed by atoms with Gasteiger partial charge in [0.05, 0.1) is 34.1 Å². The smallest absolute Gasteiger partial charge is 0.325 e. The summed E-state index contributed by atoms with van der Waals surface area (Å²) < 4.78 is 7.33. The SMILES string of the molecule is COC(=O)Cn1c(=NC(=O)c2cc(-c3ccccc3)nc3ccccc23)sc2cc(Cl)ccc21. The highest BCUT2D eigenvalue weighted by Gasteiger charge is 2.16. The first-order valence-corrected chi connectivity index (χ1v) is 11.6. The van der Waals surface area contributed by atoms with Gasteiger partial charge in [0.25, 0.3) is 5.91 Å². The van der Waals surface area contributed by atoms with Gasteiger partial charge in [0.1, 0.15) is 6.54 Å². The van der Waals surface area contributed by atoms with Crippen LogP contribution in [0, 0.1) is 0 Å². The van der Waals surface area contributed by atoms with Crippen molar-refractivity contribution >= 4 is 55.9 Å². The number of hydrogen-bond acceptors (Lipinski definition) is 5. The first-order valence-electron chi connectivity index (χ1n) is 10.4. The van der Waals surface area contributed by atoms with Gasteiger partial charge in [-0.1, -0.05) is 71.5 Å². The van der Waals surface area contributed by atoms with Gasteiger partial charge in [-0.25, -0.2) is 4.98 Å². The van der Waals surface area contributed by atoms with E-state index in [2.05, 4.69) is 4.99 Å². The molecule has 2 aromatic heterocycles. The van der Waals surface area contributed by atoms with Crippen molar-refractivity contribution in [1.29, 1.82) is 0 Å². The second-order valence-corrected chi connectivity index (χ2v) is 8.96. The van der Waals surface area contributed by atoms with E-state index in [1.54, 1.807) is 28.8 Å². The third kappa shape index (κ3) is 4.23. The van der Waals surface area contributed by atoms with Gasteiger partial charge in [-0.2, -0.15) is 4.99 Å². The van der Waals surface area contributed by atoms with Gasteiger partial charge >= 0.3 is 5.97 Å². The highest BCUT2D eigenvalue weighted by molar-refractivity contribution is 7.16. The number of carbonyl (C=O) groups is 2. The first kappa shape index (κ1) is 22.0. The summed E-state index contributed by atoms with van der Waals surface area (Å²) in [6, 6.07) is 24.2. The molecule has 8 heteroatoms. The zero-order chi connectivity index (χ0) is 23.7. The average molecular weight is 488 g/mol. The number of nitrogens with zero attached hydrogens (tertiary/aromatic N) is 3. The summed E-state index contributed by atoms with van der Waals surface area (Å²) in [6.45, 7) is -0.0728. The Labute approximate surface area is 203 Å². The van der Waals surface area contributed by atoms with E-state index < -0.39 is 11.9 Å². The van der Waals surface area contributed by atoms with Crippen LogP contribution in [0.1, 0.15) is 10.4 Å². The van der Waals surface area contributed by atoms with Crippen LogP contribution in [0.3, 0.4) is 0 Å². The number of rotatable bonds is 4. The fourth-order valence-electron chi connectivity index (χ4n) is 3.74. The lowest BCUT2D eigenvalue weighted by Gasteiger charge is -2.08. The van der Waals surface area contributed by atoms with Crippen LogP contribution in [-0.4, -0.2) is 28.5 Å². The highest BCUT2D eigenvalue weighted by atomic mass is 35.5. The molecule has 0 fully saturated rings. The highest BCUT2D eigenvalue weighted by Crippen LogP contribution is 2.26. The summed E-state index contributed by atoms with van der Waals surface area (Å²) in [6.07, 6.45) is 0. The van der Waals surface area contributed by atoms with Crippen molar-refractivity contribution in [3.63, 3.8) is 0 Å². The minimum Gasteiger partial charge on any atom is -0.468 e. The van der Waals surface area contributed by atoms with E-state index in [0.717, 1.165) is 15.8 Å². The number of fused-ring (bicyclic) bond motifs is 2. The number of aromatic nitrogens is 2. The zero-order valence-corrected chi connectivity index (χ0v) is 19.6. The Balaban J connectivity index is 1.70. The summed E-state index contributed by atoms with van der Waals surface area (Å²) in [7, 11) is 1.32. The summed E-state index contributed by atoms with van der Waals surface area (Å²) in [5.41, 5.74) is 3.47. The maximum atomic E-state index is 13.5. The lowest BCUT2D eigenvalue weighted by molar-refractivity contribution is -0.141. The lowest BCUT2D eigenvalue weighted by Crippen LogP contribution is -2.22. The first-order chi connectivity index (χ1) is 16.5. The number of methoxy groups -OCH3 is 1. The number of esters is 1. The van der Waals surface area contributed by atoms with Crippen molar-refractivity contribution in [3.05, 3.63) is 94.3 Å². The molecule has 34 heavy (non-hydrogen) atoms. The predicted octanol–water partition coefficient (Wildman–Crippen LogP) is 5.49. The fourth-order valence-corrected chi connectivity index (χ4v) is 5.04.